The van der Waals surface area contributed by atoms with Gasteiger partial charge in [0.15, 0.2) is 0 Å². The molecule has 1 aromatic heterocycles. The molecule has 1 unspecified atom stereocenters. The van der Waals surface area contributed by atoms with E-state index in [2.05, 4.69) is 52.2 Å². The Bertz CT molecular complexity index is 382. The third-order valence-electron chi connectivity index (χ3n) is 4.29. The van der Waals surface area contributed by atoms with Crippen molar-refractivity contribution in [3.05, 3.63) is 28.5 Å². The lowest BCUT2D eigenvalue weighted by Crippen LogP contribution is -2.31. The topological polar surface area (TPSA) is 24.9 Å². The second-order valence-electron chi connectivity index (χ2n) is 6.53. The predicted octanol–water partition coefficient (Wildman–Crippen LogP) is 4.44. The third kappa shape index (κ3) is 5.17. The standard InChI is InChI=1S/C17H27BrN2/c1-13(2)10-19-11-15(14-5-3-4-6-14)9-17-8-7-16(18)12-20-17/h7-8,12-15,19H,3-6,9-11H2,1-2H3. The summed E-state index contributed by atoms with van der Waals surface area (Å²) in [6.07, 6.45) is 8.68. The molecule has 0 amide bonds. The van der Waals surface area contributed by atoms with E-state index in [1.54, 1.807) is 0 Å². The maximum atomic E-state index is 4.56. The highest BCUT2D eigenvalue weighted by Gasteiger charge is 2.25. The van der Waals surface area contributed by atoms with Crippen LogP contribution in [0.5, 0.6) is 0 Å². The molecular formula is C17H27BrN2. The van der Waals surface area contributed by atoms with Gasteiger partial charge >= 0.3 is 0 Å². The average molecular weight is 339 g/mol. The summed E-state index contributed by atoms with van der Waals surface area (Å²) >= 11 is 3.46. The monoisotopic (exact) mass is 338 g/mol. The SMILES string of the molecule is CC(C)CNCC(Cc1ccc(Br)cn1)C1CCCC1. The van der Waals surface area contributed by atoms with Crippen molar-refractivity contribution in [2.24, 2.45) is 17.8 Å². The molecule has 0 saturated heterocycles. The van der Waals surface area contributed by atoms with Crippen LogP contribution in [-0.4, -0.2) is 18.1 Å². The fourth-order valence-corrected chi connectivity index (χ4v) is 3.42. The van der Waals surface area contributed by atoms with Crippen LogP contribution in [-0.2, 0) is 6.42 Å². The zero-order valence-corrected chi connectivity index (χ0v) is 14.3. The van der Waals surface area contributed by atoms with Crippen LogP contribution in [0, 0.1) is 17.8 Å². The van der Waals surface area contributed by atoms with Gasteiger partial charge in [-0.15, -0.1) is 0 Å². The number of hydrogen-bond donors (Lipinski definition) is 1. The van der Waals surface area contributed by atoms with Crippen LogP contribution in [0.4, 0.5) is 0 Å². The molecule has 1 saturated carbocycles. The number of nitrogens with zero attached hydrogens (tertiary/aromatic N) is 1. The maximum Gasteiger partial charge on any atom is 0.0413 e. The molecule has 1 fully saturated rings. The van der Waals surface area contributed by atoms with Crippen LogP contribution in [0.2, 0.25) is 0 Å². The van der Waals surface area contributed by atoms with E-state index in [1.165, 1.54) is 31.4 Å². The highest BCUT2D eigenvalue weighted by atomic mass is 79.9. The summed E-state index contributed by atoms with van der Waals surface area (Å²) in [5.74, 6) is 2.36. The first-order valence-corrected chi connectivity index (χ1v) is 8.75. The minimum atomic E-state index is 0.727. The molecule has 3 heteroatoms. The second-order valence-corrected chi connectivity index (χ2v) is 7.44. The Balaban J connectivity index is 1.92. The quantitative estimate of drug-likeness (QED) is 0.794. The van der Waals surface area contributed by atoms with Gasteiger partial charge in [0.05, 0.1) is 0 Å². The molecule has 20 heavy (non-hydrogen) atoms. The number of rotatable bonds is 7. The van der Waals surface area contributed by atoms with E-state index < -0.39 is 0 Å². The molecule has 1 heterocycles. The first-order valence-electron chi connectivity index (χ1n) is 7.96. The normalized spacial score (nSPS) is 17.8. The molecule has 0 aromatic carbocycles. The molecule has 0 bridgehead atoms. The van der Waals surface area contributed by atoms with Gasteiger partial charge in [0.2, 0.25) is 0 Å². The van der Waals surface area contributed by atoms with Crippen molar-refractivity contribution in [2.75, 3.05) is 13.1 Å². The summed E-state index contributed by atoms with van der Waals surface area (Å²) in [6.45, 7) is 6.80. The maximum absolute atomic E-state index is 4.56. The Morgan fingerprint density at radius 3 is 2.60 bits per heavy atom. The Kier molecular flexibility index (Phi) is 6.50. The Morgan fingerprint density at radius 1 is 1.25 bits per heavy atom. The molecule has 1 aliphatic carbocycles. The number of pyridine rings is 1. The minimum absolute atomic E-state index is 0.727. The Hall–Kier alpha value is -0.410. The minimum Gasteiger partial charge on any atom is -0.316 e. The molecule has 0 radical (unpaired) electrons. The lowest BCUT2D eigenvalue weighted by Gasteiger charge is -2.24. The van der Waals surface area contributed by atoms with Gasteiger partial charge in [0.25, 0.3) is 0 Å². The van der Waals surface area contributed by atoms with Crippen LogP contribution >= 0.6 is 15.9 Å². The van der Waals surface area contributed by atoms with E-state index in [4.69, 9.17) is 0 Å². The van der Waals surface area contributed by atoms with Crippen LogP contribution in [0.3, 0.4) is 0 Å². The molecule has 112 valence electrons. The number of hydrogen-bond acceptors (Lipinski definition) is 2. The fraction of sp³-hybridized carbons (Fsp3) is 0.706. The summed E-state index contributed by atoms with van der Waals surface area (Å²) in [4.78, 5) is 4.56. The fourth-order valence-electron chi connectivity index (χ4n) is 3.19. The Morgan fingerprint density at radius 2 is 2.00 bits per heavy atom. The predicted molar refractivity (Wildman–Crippen MR) is 88.8 cm³/mol. The second kappa shape index (κ2) is 8.14. The molecule has 1 aliphatic rings. The first-order chi connectivity index (χ1) is 9.65. The van der Waals surface area contributed by atoms with Gasteiger partial charge in [0.1, 0.15) is 0 Å². The highest BCUT2D eigenvalue weighted by molar-refractivity contribution is 9.10. The Labute approximate surface area is 131 Å². The zero-order chi connectivity index (χ0) is 14.4. The van der Waals surface area contributed by atoms with E-state index in [0.29, 0.717) is 0 Å². The summed E-state index contributed by atoms with van der Waals surface area (Å²) < 4.78 is 1.07. The van der Waals surface area contributed by atoms with E-state index in [-0.39, 0.29) is 0 Å². The van der Waals surface area contributed by atoms with Gasteiger partial charge in [-0.2, -0.15) is 0 Å². The third-order valence-corrected chi connectivity index (χ3v) is 4.75. The molecule has 1 N–H and O–H groups in total. The van der Waals surface area contributed by atoms with Crippen molar-refractivity contribution >= 4 is 15.9 Å². The molecule has 1 atom stereocenters. The van der Waals surface area contributed by atoms with Crippen molar-refractivity contribution < 1.29 is 0 Å². The number of nitrogens with one attached hydrogen (secondary N) is 1. The summed E-state index contributed by atoms with van der Waals surface area (Å²) in [6, 6.07) is 4.27. The largest absolute Gasteiger partial charge is 0.316 e. The highest BCUT2D eigenvalue weighted by Crippen LogP contribution is 2.32. The van der Waals surface area contributed by atoms with E-state index in [0.717, 1.165) is 41.7 Å². The number of aromatic nitrogens is 1. The summed E-state index contributed by atoms with van der Waals surface area (Å²) in [7, 11) is 0. The van der Waals surface area contributed by atoms with Crippen molar-refractivity contribution in [1.82, 2.24) is 10.3 Å². The van der Waals surface area contributed by atoms with Crippen LogP contribution in [0.25, 0.3) is 0 Å². The van der Waals surface area contributed by atoms with Gasteiger partial charge in [-0.1, -0.05) is 39.5 Å². The molecule has 1 aromatic rings. The van der Waals surface area contributed by atoms with E-state index in [1.807, 2.05) is 6.20 Å². The summed E-state index contributed by atoms with van der Waals surface area (Å²) in [5.41, 5.74) is 1.23. The molecule has 2 nitrogen and oxygen atoms in total. The van der Waals surface area contributed by atoms with Gasteiger partial charge in [0, 0.05) is 16.4 Å². The van der Waals surface area contributed by atoms with Crippen molar-refractivity contribution in [2.45, 2.75) is 46.0 Å². The van der Waals surface area contributed by atoms with Crippen LogP contribution in [0.1, 0.15) is 45.2 Å². The van der Waals surface area contributed by atoms with Gasteiger partial charge in [-0.25, -0.2) is 0 Å². The van der Waals surface area contributed by atoms with Gasteiger partial charge in [-0.05, 0) is 65.3 Å². The molecular weight excluding hydrogens is 312 g/mol. The molecule has 0 aliphatic heterocycles. The zero-order valence-electron chi connectivity index (χ0n) is 12.7. The van der Waals surface area contributed by atoms with Gasteiger partial charge in [-0.3, -0.25) is 4.98 Å². The first kappa shape index (κ1) is 16.0. The lowest BCUT2D eigenvalue weighted by molar-refractivity contribution is 0.314. The lowest BCUT2D eigenvalue weighted by atomic mass is 9.86. The smallest absolute Gasteiger partial charge is 0.0413 e. The van der Waals surface area contributed by atoms with E-state index in [9.17, 15) is 0 Å². The van der Waals surface area contributed by atoms with E-state index >= 15 is 0 Å². The van der Waals surface area contributed by atoms with Gasteiger partial charge < -0.3 is 5.32 Å². The molecule has 0 spiro atoms. The molecule has 2 rings (SSSR count). The average Bonchev–Trinajstić information content (AvgIpc) is 2.93. The number of halogens is 1. The van der Waals surface area contributed by atoms with Crippen molar-refractivity contribution in [3.8, 4) is 0 Å². The summed E-state index contributed by atoms with van der Waals surface area (Å²) in [5, 5.41) is 3.66. The van der Waals surface area contributed by atoms with Crippen LogP contribution < -0.4 is 5.32 Å². The van der Waals surface area contributed by atoms with Crippen molar-refractivity contribution in [1.29, 1.82) is 0 Å². The van der Waals surface area contributed by atoms with Crippen molar-refractivity contribution in [3.63, 3.8) is 0 Å². The van der Waals surface area contributed by atoms with Crippen LogP contribution in [0.15, 0.2) is 22.8 Å².